The van der Waals surface area contributed by atoms with Gasteiger partial charge in [-0.3, -0.25) is 5.01 Å². The Morgan fingerprint density at radius 2 is 2.57 bits per heavy atom. The van der Waals surface area contributed by atoms with Crippen LogP contribution in [0.2, 0.25) is 0 Å². The van der Waals surface area contributed by atoms with E-state index in [-0.39, 0.29) is 0 Å². The lowest BCUT2D eigenvalue weighted by molar-refractivity contribution is 0.393. The molecule has 0 radical (unpaired) electrons. The van der Waals surface area contributed by atoms with Crippen molar-refractivity contribution in [3.05, 3.63) is 0 Å². The van der Waals surface area contributed by atoms with E-state index in [0.717, 1.165) is 6.54 Å². The second-order valence-corrected chi connectivity index (χ2v) is 2.92. The van der Waals surface area contributed by atoms with Crippen LogP contribution in [0.25, 0.3) is 0 Å². The van der Waals surface area contributed by atoms with Crippen LogP contribution in [0.15, 0.2) is 10.3 Å². The first-order valence-corrected chi connectivity index (χ1v) is 3.29. The molecule has 3 nitrogen and oxygen atoms in total. The van der Waals surface area contributed by atoms with E-state index in [1.165, 1.54) is 0 Å². The van der Waals surface area contributed by atoms with Crippen molar-refractivity contribution in [3.8, 4) is 0 Å². The molecule has 0 fully saturated rings. The first-order chi connectivity index (χ1) is 3.29. The molecule has 0 aliphatic carbocycles. The predicted octanol–water partition coefficient (Wildman–Crippen LogP) is 1.06. The van der Waals surface area contributed by atoms with E-state index in [4.69, 9.17) is 0 Å². The van der Waals surface area contributed by atoms with Crippen LogP contribution in [-0.4, -0.2) is 22.6 Å². The van der Waals surface area contributed by atoms with Gasteiger partial charge in [0, 0.05) is 7.05 Å². The number of rotatable bonds is 0. The number of hydrogen-bond acceptors (Lipinski definition) is 3. The van der Waals surface area contributed by atoms with E-state index in [2.05, 4.69) is 32.9 Å². The SMILES string of the molecule is CN1CC(I)N=N1. The average molecular weight is 211 g/mol. The summed E-state index contributed by atoms with van der Waals surface area (Å²) in [7, 11) is 1.92. The van der Waals surface area contributed by atoms with Gasteiger partial charge in [-0.2, -0.15) is 5.11 Å². The minimum absolute atomic E-state index is 0.377. The lowest BCUT2D eigenvalue weighted by Gasteiger charge is -1.99. The van der Waals surface area contributed by atoms with Gasteiger partial charge in [-0.25, -0.2) is 0 Å². The minimum Gasteiger partial charge on any atom is -0.279 e. The summed E-state index contributed by atoms with van der Waals surface area (Å²) in [6.45, 7) is 0.959. The second-order valence-electron chi connectivity index (χ2n) is 1.48. The first-order valence-electron chi connectivity index (χ1n) is 2.05. The van der Waals surface area contributed by atoms with Crippen molar-refractivity contribution < 1.29 is 0 Å². The zero-order valence-corrected chi connectivity index (χ0v) is 6.16. The van der Waals surface area contributed by atoms with Gasteiger partial charge >= 0.3 is 0 Å². The summed E-state index contributed by atoms with van der Waals surface area (Å²) in [5.41, 5.74) is 0. The van der Waals surface area contributed by atoms with Crippen molar-refractivity contribution in [2.45, 2.75) is 4.05 Å². The molecule has 1 atom stereocenters. The van der Waals surface area contributed by atoms with Gasteiger partial charge in [0.1, 0.15) is 4.05 Å². The van der Waals surface area contributed by atoms with Crippen LogP contribution in [0.3, 0.4) is 0 Å². The van der Waals surface area contributed by atoms with E-state index in [0.29, 0.717) is 4.05 Å². The molecule has 40 valence electrons. The molecule has 7 heavy (non-hydrogen) atoms. The largest absolute Gasteiger partial charge is 0.279 e. The number of alkyl halides is 1. The molecule has 4 heteroatoms. The first kappa shape index (κ1) is 5.27. The molecule has 0 amide bonds. The molecule has 1 heterocycles. The van der Waals surface area contributed by atoms with Crippen LogP contribution in [0.4, 0.5) is 0 Å². The van der Waals surface area contributed by atoms with Crippen molar-refractivity contribution in [3.63, 3.8) is 0 Å². The van der Waals surface area contributed by atoms with Gasteiger partial charge in [-0.05, 0) is 0 Å². The van der Waals surface area contributed by atoms with Crippen LogP contribution in [0.5, 0.6) is 0 Å². The van der Waals surface area contributed by atoms with Crippen molar-refractivity contribution in [2.24, 2.45) is 10.3 Å². The third-order valence-electron chi connectivity index (χ3n) is 0.745. The molecule has 1 unspecified atom stereocenters. The zero-order chi connectivity index (χ0) is 5.28. The molecule has 0 saturated carbocycles. The molecule has 0 aromatic heterocycles. The van der Waals surface area contributed by atoms with E-state index >= 15 is 0 Å². The minimum atomic E-state index is 0.377. The molecular formula is C3H6IN3. The Kier molecular flexibility index (Phi) is 1.46. The lowest BCUT2D eigenvalue weighted by Crippen LogP contribution is -2.11. The van der Waals surface area contributed by atoms with Crippen LogP contribution in [0.1, 0.15) is 0 Å². The third kappa shape index (κ3) is 1.25. The molecule has 0 saturated heterocycles. The highest BCUT2D eigenvalue weighted by atomic mass is 127. The van der Waals surface area contributed by atoms with Crippen LogP contribution < -0.4 is 0 Å². The second kappa shape index (κ2) is 1.94. The van der Waals surface area contributed by atoms with Crippen LogP contribution in [-0.2, 0) is 0 Å². The summed E-state index contributed by atoms with van der Waals surface area (Å²) in [5.74, 6) is 0. The summed E-state index contributed by atoms with van der Waals surface area (Å²) in [6.07, 6.45) is 0. The standard InChI is InChI=1S/C3H6IN3/c1-7-2-3(4)5-6-7/h3H,2H2,1H3. The van der Waals surface area contributed by atoms with Crippen molar-refractivity contribution in [1.82, 2.24) is 5.01 Å². The predicted molar refractivity (Wildman–Crippen MR) is 35.3 cm³/mol. The summed E-state index contributed by atoms with van der Waals surface area (Å²) in [6, 6.07) is 0. The molecule has 0 bridgehead atoms. The highest BCUT2D eigenvalue weighted by Gasteiger charge is 2.09. The Balaban J connectivity index is 2.42. The van der Waals surface area contributed by atoms with Gasteiger partial charge in [0.2, 0.25) is 0 Å². The lowest BCUT2D eigenvalue weighted by atomic mass is 10.7. The zero-order valence-electron chi connectivity index (χ0n) is 4.00. The summed E-state index contributed by atoms with van der Waals surface area (Å²) >= 11 is 2.25. The van der Waals surface area contributed by atoms with Gasteiger partial charge in [0.15, 0.2) is 0 Å². The molecule has 1 rings (SSSR count). The molecular weight excluding hydrogens is 205 g/mol. The maximum Gasteiger partial charge on any atom is 0.143 e. The Bertz CT molecular complexity index is 82.2. The van der Waals surface area contributed by atoms with Crippen LogP contribution in [0, 0.1) is 0 Å². The van der Waals surface area contributed by atoms with E-state index in [9.17, 15) is 0 Å². The average Bonchev–Trinajstić information content (AvgIpc) is 1.87. The number of likely N-dealkylation sites (N-methyl/N-ethyl adjacent to an activating group) is 1. The molecule has 0 spiro atoms. The Morgan fingerprint density at radius 3 is 2.71 bits per heavy atom. The number of nitrogens with zero attached hydrogens (tertiary/aromatic N) is 3. The van der Waals surface area contributed by atoms with Crippen molar-refractivity contribution in [2.75, 3.05) is 13.6 Å². The molecule has 0 N–H and O–H groups in total. The summed E-state index contributed by atoms with van der Waals surface area (Å²) in [5, 5.41) is 9.45. The molecule has 1 aliphatic heterocycles. The van der Waals surface area contributed by atoms with Gasteiger partial charge < -0.3 is 0 Å². The fourth-order valence-corrected chi connectivity index (χ4v) is 1.12. The summed E-state index contributed by atoms with van der Waals surface area (Å²) < 4.78 is 0.377. The van der Waals surface area contributed by atoms with Crippen molar-refractivity contribution >= 4 is 22.6 Å². The maximum atomic E-state index is 3.85. The Morgan fingerprint density at radius 1 is 1.86 bits per heavy atom. The molecule has 1 aliphatic rings. The summed E-state index contributed by atoms with van der Waals surface area (Å²) in [4.78, 5) is 0. The van der Waals surface area contributed by atoms with E-state index in [1.807, 2.05) is 12.1 Å². The number of halogens is 1. The molecule has 0 aromatic rings. The van der Waals surface area contributed by atoms with E-state index < -0.39 is 0 Å². The van der Waals surface area contributed by atoms with Gasteiger partial charge in [-0.1, -0.05) is 27.8 Å². The quantitative estimate of drug-likeness (QED) is 0.334. The highest BCUT2D eigenvalue weighted by Crippen LogP contribution is 2.11. The van der Waals surface area contributed by atoms with E-state index in [1.54, 1.807) is 0 Å². The van der Waals surface area contributed by atoms with Gasteiger partial charge in [-0.15, -0.1) is 0 Å². The monoisotopic (exact) mass is 211 g/mol. The van der Waals surface area contributed by atoms with Crippen molar-refractivity contribution in [1.29, 1.82) is 0 Å². The topological polar surface area (TPSA) is 28.0 Å². The van der Waals surface area contributed by atoms with Gasteiger partial charge in [0.05, 0.1) is 6.54 Å². The smallest absolute Gasteiger partial charge is 0.143 e. The van der Waals surface area contributed by atoms with Gasteiger partial charge in [0.25, 0.3) is 0 Å². The normalized spacial score (nSPS) is 29.4. The third-order valence-corrected chi connectivity index (χ3v) is 1.39. The fourth-order valence-electron chi connectivity index (χ4n) is 0.435. The Hall–Kier alpha value is 0.130. The van der Waals surface area contributed by atoms with Crippen LogP contribution >= 0.6 is 22.6 Å². The molecule has 0 aromatic carbocycles. The number of hydrogen-bond donors (Lipinski definition) is 0. The Labute approximate surface area is 55.9 Å². The highest BCUT2D eigenvalue weighted by molar-refractivity contribution is 14.1. The fraction of sp³-hybridized carbons (Fsp3) is 1.00. The maximum absolute atomic E-state index is 3.85.